The molecule has 176 valence electrons. The highest BCUT2D eigenvalue weighted by Gasteiger charge is 2.28. The lowest BCUT2D eigenvalue weighted by Gasteiger charge is -2.37. The van der Waals surface area contributed by atoms with Crippen LogP contribution in [0.25, 0.3) is 10.9 Å². The van der Waals surface area contributed by atoms with Gasteiger partial charge in [0, 0.05) is 37.1 Å². The first-order valence-corrected chi connectivity index (χ1v) is 10.5. The molecule has 0 spiro atoms. The number of fused-ring (bicyclic) bond motifs is 1. The van der Waals surface area contributed by atoms with Crippen molar-refractivity contribution in [3.05, 3.63) is 47.5 Å². The summed E-state index contributed by atoms with van der Waals surface area (Å²) in [6, 6.07) is 7.91. The molecule has 0 aliphatic carbocycles. The number of ether oxygens (including phenoxy) is 2. The molecule has 11 heteroatoms. The number of benzene rings is 2. The summed E-state index contributed by atoms with van der Waals surface area (Å²) < 4.78 is 25.5. The van der Waals surface area contributed by atoms with Crippen LogP contribution in [-0.4, -0.2) is 65.7 Å². The smallest absolute Gasteiger partial charge is 0.415 e. The van der Waals surface area contributed by atoms with Gasteiger partial charge in [0.25, 0.3) is 0 Å². The summed E-state index contributed by atoms with van der Waals surface area (Å²) in [6.45, 7) is 4.07. The van der Waals surface area contributed by atoms with Crippen molar-refractivity contribution in [2.24, 2.45) is 0 Å². The van der Waals surface area contributed by atoms with Crippen molar-refractivity contribution in [1.29, 1.82) is 0 Å². The van der Waals surface area contributed by atoms with Crippen molar-refractivity contribution in [1.82, 2.24) is 19.8 Å². The van der Waals surface area contributed by atoms with E-state index in [4.69, 9.17) is 21.1 Å². The Hall–Kier alpha value is -2.88. The van der Waals surface area contributed by atoms with Gasteiger partial charge in [-0.3, -0.25) is 0 Å². The molecule has 4 rings (SSSR count). The Morgan fingerprint density at radius 2 is 2.03 bits per heavy atom. The average Bonchev–Trinajstić information content (AvgIpc) is 2.76. The fourth-order valence-electron chi connectivity index (χ4n) is 3.69. The molecule has 0 radical (unpaired) electrons. The van der Waals surface area contributed by atoms with E-state index < -0.39 is 11.9 Å². The van der Waals surface area contributed by atoms with Crippen LogP contribution in [0.3, 0.4) is 0 Å². The van der Waals surface area contributed by atoms with Gasteiger partial charge in [0.1, 0.15) is 12.1 Å². The van der Waals surface area contributed by atoms with Crippen LogP contribution in [0.4, 0.5) is 20.7 Å². The van der Waals surface area contributed by atoms with Crippen LogP contribution < -0.4 is 14.8 Å². The molecule has 1 aliphatic rings. The Morgan fingerprint density at radius 3 is 2.76 bits per heavy atom. The molecule has 1 amide bonds. The van der Waals surface area contributed by atoms with Gasteiger partial charge in [0.2, 0.25) is 0 Å². The first-order valence-electron chi connectivity index (χ1n) is 10.1. The quantitative estimate of drug-likeness (QED) is 0.560. The van der Waals surface area contributed by atoms with Gasteiger partial charge in [-0.1, -0.05) is 17.7 Å². The molecule has 2 aromatic carbocycles. The van der Waals surface area contributed by atoms with Crippen molar-refractivity contribution in [2.75, 3.05) is 39.1 Å². The third-order valence-corrected chi connectivity index (χ3v) is 5.68. The molecule has 0 unspecified atom stereocenters. The second kappa shape index (κ2) is 10.4. The number of halogens is 3. The molecule has 1 aliphatic heterocycles. The van der Waals surface area contributed by atoms with Gasteiger partial charge in [-0.25, -0.2) is 19.2 Å². The lowest BCUT2D eigenvalue weighted by Crippen LogP contribution is -2.53. The summed E-state index contributed by atoms with van der Waals surface area (Å²) in [7, 11) is 3.50. The monoisotopic (exact) mass is 495 g/mol. The highest BCUT2D eigenvalue weighted by Crippen LogP contribution is 2.36. The van der Waals surface area contributed by atoms with E-state index in [1.807, 2.05) is 14.0 Å². The summed E-state index contributed by atoms with van der Waals surface area (Å²) >= 11 is 5.89. The van der Waals surface area contributed by atoms with E-state index in [1.165, 1.54) is 19.5 Å². The van der Waals surface area contributed by atoms with E-state index in [0.29, 0.717) is 29.0 Å². The van der Waals surface area contributed by atoms with Gasteiger partial charge in [-0.05, 0) is 32.2 Å². The molecule has 0 saturated carbocycles. The second-order valence-corrected chi connectivity index (χ2v) is 8.05. The normalized spacial score (nSPS) is 16.3. The minimum absolute atomic E-state index is 0. The maximum absolute atomic E-state index is 14.4. The fraction of sp³-hybridized carbons (Fsp3) is 0.318. The summed E-state index contributed by atoms with van der Waals surface area (Å²) in [4.78, 5) is 25.2. The highest BCUT2D eigenvalue weighted by atomic mass is 35.5. The Morgan fingerprint density at radius 1 is 1.24 bits per heavy atom. The van der Waals surface area contributed by atoms with E-state index in [0.717, 1.165) is 13.1 Å². The molecule has 33 heavy (non-hydrogen) atoms. The molecule has 3 aromatic rings. The topological polar surface area (TPSA) is 79.8 Å². The molecule has 0 bridgehead atoms. The fourth-order valence-corrected chi connectivity index (χ4v) is 3.87. The van der Waals surface area contributed by atoms with Crippen LogP contribution in [-0.2, 0) is 0 Å². The van der Waals surface area contributed by atoms with E-state index in [1.54, 1.807) is 29.2 Å². The number of hydrogen-bond donors (Lipinski definition) is 1. The van der Waals surface area contributed by atoms with Crippen molar-refractivity contribution in [3.63, 3.8) is 0 Å². The van der Waals surface area contributed by atoms with Crippen LogP contribution in [0.1, 0.15) is 6.92 Å². The van der Waals surface area contributed by atoms with Gasteiger partial charge in [-0.15, -0.1) is 12.4 Å². The number of nitrogens with one attached hydrogen (secondary N) is 1. The maximum atomic E-state index is 14.4. The summed E-state index contributed by atoms with van der Waals surface area (Å²) in [5, 5.41) is 3.46. The number of piperazine rings is 1. The Balaban J connectivity index is 0.00000306. The van der Waals surface area contributed by atoms with Crippen LogP contribution in [0.2, 0.25) is 5.02 Å². The first kappa shape index (κ1) is 24.8. The maximum Gasteiger partial charge on any atom is 0.415 e. The van der Waals surface area contributed by atoms with Crippen LogP contribution in [0.5, 0.6) is 11.5 Å². The minimum atomic E-state index is -0.592. The average molecular weight is 496 g/mol. The molecule has 1 saturated heterocycles. The lowest BCUT2D eigenvalue weighted by atomic mass is 10.2. The third kappa shape index (κ3) is 5.21. The van der Waals surface area contributed by atoms with Gasteiger partial charge < -0.3 is 24.6 Å². The van der Waals surface area contributed by atoms with E-state index in [-0.39, 0.29) is 34.9 Å². The van der Waals surface area contributed by atoms with Gasteiger partial charge >= 0.3 is 6.09 Å². The van der Waals surface area contributed by atoms with E-state index in [9.17, 15) is 9.18 Å². The van der Waals surface area contributed by atoms with E-state index >= 15 is 0 Å². The number of methoxy groups -OCH3 is 1. The zero-order valence-corrected chi connectivity index (χ0v) is 19.9. The van der Waals surface area contributed by atoms with E-state index in [2.05, 4.69) is 20.2 Å². The predicted octanol–water partition coefficient (Wildman–Crippen LogP) is 4.73. The summed E-state index contributed by atoms with van der Waals surface area (Å²) in [6.07, 6.45) is 0.889. The number of carbonyl (C=O) groups excluding carboxylic acids is 1. The molecular weight excluding hydrogens is 472 g/mol. The largest absolute Gasteiger partial charge is 0.493 e. The van der Waals surface area contributed by atoms with Crippen molar-refractivity contribution in [3.8, 4) is 11.5 Å². The van der Waals surface area contributed by atoms with Crippen LogP contribution >= 0.6 is 24.0 Å². The van der Waals surface area contributed by atoms with Crippen LogP contribution in [0, 0.1) is 5.82 Å². The summed E-state index contributed by atoms with van der Waals surface area (Å²) in [5.41, 5.74) is 0.702. The van der Waals surface area contributed by atoms with Gasteiger partial charge in [0.15, 0.2) is 17.3 Å². The molecular formula is C22H24Cl2FN5O3. The second-order valence-electron chi connectivity index (χ2n) is 7.64. The molecule has 1 N–H and O–H groups in total. The number of carbonyl (C=O) groups is 1. The highest BCUT2D eigenvalue weighted by molar-refractivity contribution is 6.31. The Bertz CT molecular complexity index is 1170. The molecule has 1 aromatic heterocycles. The number of hydrogen-bond acceptors (Lipinski definition) is 7. The zero-order chi connectivity index (χ0) is 22.8. The number of rotatable bonds is 4. The molecule has 1 fully saturated rings. The standard InChI is InChI=1S/C22H23ClFN5O3.ClH/c1-13-11-28(2)7-8-29(13)22(30)32-19-9-14-17(10-18(19)31-3)25-12-26-21(14)27-16-6-4-5-15(23)20(16)24;/h4-6,9-10,12-13H,7-8,11H2,1-3H3,(H,25,26,27);1H/t13-;/m1./s1. The van der Waals surface area contributed by atoms with Crippen LogP contribution in [0.15, 0.2) is 36.7 Å². The predicted molar refractivity (Wildman–Crippen MR) is 128 cm³/mol. The SMILES string of the molecule is COc1cc2ncnc(Nc3cccc(Cl)c3F)c2cc1OC(=O)N1CCN(C)C[C@H]1C.Cl. The molecule has 2 heterocycles. The van der Waals surface area contributed by atoms with Gasteiger partial charge in [-0.2, -0.15) is 0 Å². The minimum Gasteiger partial charge on any atom is -0.493 e. The molecule has 1 atom stereocenters. The number of nitrogens with zero attached hydrogens (tertiary/aromatic N) is 4. The van der Waals surface area contributed by atoms with Crippen molar-refractivity contribution < 1.29 is 18.7 Å². The first-order chi connectivity index (χ1) is 15.4. The Labute approximate surface area is 202 Å². The zero-order valence-electron chi connectivity index (χ0n) is 18.3. The number of anilines is 2. The number of aromatic nitrogens is 2. The van der Waals surface area contributed by atoms with Crippen molar-refractivity contribution in [2.45, 2.75) is 13.0 Å². The third-order valence-electron chi connectivity index (χ3n) is 5.39. The van der Waals surface area contributed by atoms with Crippen molar-refractivity contribution >= 4 is 52.5 Å². The molecule has 8 nitrogen and oxygen atoms in total. The lowest BCUT2D eigenvalue weighted by molar-refractivity contribution is 0.0886. The number of amides is 1. The van der Waals surface area contributed by atoms with Gasteiger partial charge in [0.05, 0.1) is 23.3 Å². The number of likely N-dealkylation sites (N-methyl/N-ethyl adjacent to an activating group) is 1. The Kier molecular flexibility index (Phi) is 7.78. The summed E-state index contributed by atoms with van der Waals surface area (Å²) in [5.74, 6) is 0.320.